The lowest BCUT2D eigenvalue weighted by molar-refractivity contribution is -0.144. The first-order chi connectivity index (χ1) is 10.5. The molecule has 0 bridgehead atoms. The van der Waals surface area contributed by atoms with Gasteiger partial charge in [-0.3, -0.25) is 19.3 Å². The van der Waals surface area contributed by atoms with E-state index in [4.69, 9.17) is 0 Å². The van der Waals surface area contributed by atoms with Gasteiger partial charge >= 0.3 is 0 Å². The van der Waals surface area contributed by atoms with Crippen molar-refractivity contribution in [3.63, 3.8) is 0 Å². The number of carbonyl (C=O) groups excluding carboxylic acids is 3. The molecule has 0 aromatic rings. The average Bonchev–Trinajstić information content (AvgIpc) is 2.90. The van der Waals surface area contributed by atoms with Gasteiger partial charge in [-0.15, -0.1) is 0 Å². The van der Waals surface area contributed by atoms with Crippen LogP contribution in [0, 0.1) is 5.41 Å². The third kappa shape index (κ3) is 2.82. The molecule has 3 fully saturated rings. The van der Waals surface area contributed by atoms with Crippen LogP contribution in [-0.2, 0) is 14.4 Å². The Balaban J connectivity index is 1.59. The van der Waals surface area contributed by atoms with E-state index in [1.54, 1.807) is 4.90 Å². The smallest absolute Gasteiger partial charge is 0.236 e. The van der Waals surface area contributed by atoms with Crippen molar-refractivity contribution in [1.82, 2.24) is 20.0 Å². The van der Waals surface area contributed by atoms with Crippen LogP contribution in [0.3, 0.4) is 0 Å². The fourth-order valence-electron chi connectivity index (χ4n) is 3.85. The van der Waals surface area contributed by atoms with E-state index in [0.717, 1.165) is 25.8 Å². The second-order valence-corrected chi connectivity index (χ2v) is 6.74. The molecule has 0 radical (unpaired) electrons. The zero-order valence-corrected chi connectivity index (χ0v) is 13.1. The third-order valence-electron chi connectivity index (χ3n) is 5.13. The highest BCUT2D eigenvalue weighted by Gasteiger charge is 2.48. The van der Waals surface area contributed by atoms with Gasteiger partial charge in [-0.25, -0.2) is 0 Å². The van der Waals surface area contributed by atoms with Gasteiger partial charge in [0.25, 0.3) is 0 Å². The van der Waals surface area contributed by atoms with Crippen LogP contribution >= 0.6 is 0 Å². The summed E-state index contributed by atoms with van der Waals surface area (Å²) < 4.78 is 0. The van der Waals surface area contributed by atoms with E-state index in [2.05, 4.69) is 5.32 Å². The highest BCUT2D eigenvalue weighted by Crippen LogP contribution is 2.39. The Bertz CT molecular complexity index is 495. The summed E-state index contributed by atoms with van der Waals surface area (Å²) in [5.41, 5.74) is -0.359. The maximum Gasteiger partial charge on any atom is 0.236 e. The molecule has 3 saturated heterocycles. The minimum atomic E-state index is -0.359. The summed E-state index contributed by atoms with van der Waals surface area (Å²) in [6.45, 7) is 3.86. The van der Waals surface area contributed by atoms with Gasteiger partial charge in [0.05, 0.1) is 18.5 Å². The summed E-state index contributed by atoms with van der Waals surface area (Å²) >= 11 is 0. The molecular formula is C15H24N4O3. The molecule has 3 amide bonds. The molecule has 3 aliphatic heterocycles. The highest BCUT2D eigenvalue weighted by molar-refractivity contribution is 5.86. The fraction of sp³-hybridized carbons (Fsp3) is 0.800. The van der Waals surface area contributed by atoms with Crippen LogP contribution in [-0.4, -0.2) is 85.3 Å². The molecule has 0 unspecified atom stereocenters. The summed E-state index contributed by atoms with van der Waals surface area (Å²) in [6, 6.07) is 0. The number of nitrogens with zero attached hydrogens (tertiary/aromatic N) is 3. The number of nitrogens with one attached hydrogen (secondary N) is 1. The first-order valence-electron chi connectivity index (χ1n) is 8.03. The van der Waals surface area contributed by atoms with Crippen molar-refractivity contribution in [3.05, 3.63) is 0 Å². The third-order valence-corrected chi connectivity index (χ3v) is 5.13. The van der Waals surface area contributed by atoms with Gasteiger partial charge in [-0.1, -0.05) is 0 Å². The summed E-state index contributed by atoms with van der Waals surface area (Å²) in [7, 11) is 1.85. The minimum absolute atomic E-state index is 0.0268. The molecule has 1 N–H and O–H groups in total. The standard InChI is InChI=1S/C15H24N4O3/c1-17-6-2-3-15(14(17)22)4-7-19(11-15)13(21)10-18-8-5-16-12(20)9-18/h2-11H2,1H3,(H,16,20)/t15-/m1/s1. The molecule has 7 nitrogen and oxygen atoms in total. The Morgan fingerprint density at radius 3 is 2.82 bits per heavy atom. The van der Waals surface area contributed by atoms with Crippen molar-refractivity contribution in [2.24, 2.45) is 5.41 Å². The first-order valence-corrected chi connectivity index (χ1v) is 8.03. The van der Waals surface area contributed by atoms with E-state index in [-0.39, 0.29) is 36.2 Å². The Kier molecular flexibility index (Phi) is 4.08. The van der Waals surface area contributed by atoms with Crippen molar-refractivity contribution in [2.45, 2.75) is 19.3 Å². The molecule has 3 aliphatic rings. The van der Waals surface area contributed by atoms with Crippen LogP contribution in [0.4, 0.5) is 0 Å². The first kappa shape index (κ1) is 15.3. The van der Waals surface area contributed by atoms with Gasteiger partial charge in [-0.2, -0.15) is 0 Å². The maximum absolute atomic E-state index is 12.5. The SMILES string of the molecule is CN1CCC[C@]2(CCN(C(=O)CN3CCNC(=O)C3)C2)C1=O. The van der Waals surface area contributed by atoms with Gasteiger partial charge in [0.1, 0.15) is 0 Å². The minimum Gasteiger partial charge on any atom is -0.354 e. The Hall–Kier alpha value is -1.63. The number of rotatable bonds is 2. The van der Waals surface area contributed by atoms with E-state index < -0.39 is 0 Å². The molecule has 122 valence electrons. The molecule has 1 atom stereocenters. The van der Waals surface area contributed by atoms with Crippen LogP contribution in [0.5, 0.6) is 0 Å². The van der Waals surface area contributed by atoms with Gasteiger partial charge in [-0.05, 0) is 19.3 Å². The zero-order chi connectivity index (χ0) is 15.7. The normalized spacial score (nSPS) is 30.0. The van der Waals surface area contributed by atoms with Crippen LogP contribution in [0.25, 0.3) is 0 Å². The summed E-state index contributed by atoms with van der Waals surface area (Å²) in [4.78, 5) is 41.8. The predicted octanol–water partition coefficient (Wildman–Crippen LogP) is -1.11. The molecule has 0 aromatic carbocycles. The Labute approximate surface area is 130 Å². The Morgan fingerprint density at radius 1 is 1.23 bits per heavy atom. The highest BCUT2D eigenvalue weighted by atomic mass is 16.2. The summed E-state index contributed by atoms with van der Waals surface area (Å²) in [5, 5.41) is 2.76. The van der Waals surface area contributed by atoms with Crippen LogP contribution in [0.1, 0.15) is 19.3 Å². The van der Waals surface area contributed by atoms with Gasteiger partial charge in [0.2, 0.25) is 17.7 Å². The predicted molar refractivity (Wildman–Crippen MR) is 80.0 cm³/mol. The molecule has 22 heavy (non-hydrogen) atoms. The number of carbonyl (C=O) groups is 3. The molecular weight excluding hydrogens is 284 g/mol. The largest absolute Gasteiger partial charge is 0.354 e. The van der Waals surface area contributed by atoms with Crippen molar-refractivity contribution in [2.75, 3.05) is 52.9 Å². The molecule has 0 aliphatic carbocycles. The van der Waals surface area contributed by atoms with Crippen LogP contribution < -0.4 is 5.32 Å². The van der Waals surface area contributed by atoms with Crippen molar-refractivity contribution in [1.29, 1.82) is 0 Å². The van der Waals surface area contributed by atoms with E-state index in [1.165, 1.54) is 0 Å². The van der Waals surface area contributed by atoms with Crippen molar-refractivity contribution in [3.8, 4) is 0 Å². The fourth-order valence-corrected chi connectivity index (χ4v) is 3.85. The molecule has 3 heterocycles. The number of hydrogen-bond acceptors (Lipinski definition) is 4. The van der Waals surface area contributed by atoms with E-state index in [1.807, 2.05) is 16.8 Å². The number of hydrogen-bond donors (Lipinski definition) is 1. The lowest BCUT2D eigenvalue weighted by Gasteiger charge is -2.37. The van der Waals surface area contributed by atoms with Gasteiger partial charge in [0, 0.05) is 39.8 Å². The zero-order valence-electron chi connectivity index (χ0n) is 13.1. The number of piperazine rings is 1. The quantitative estimate of drug-likeness (QED) is 0.702. The second kappa shape index (κ2) is 5.87. The van der Waals surface area contributed by atoms with E-state index in [9.17, 15) is 14.4 Å². The topological polar surface area (TPSA) is 73.0 Å². The molecule has 3 rings (SSSR count). The molecule has 7 heteroatoms. The molecule has 1 spiro atoms. The lowest BCUT2D eigenvalue weighted by atomic mass is 9.78. The van der Waals surface area contributed by atoms with Crippen molar-refractivity contribution < 1.29 is 14.4 Å². The monoisotopic (exact) mass is 308 g/mol. The van der Waals surface area contributed by atoms with Crippen LogP contribution in [0.2, 0.25) is 0 Å². The second-order valence-electron chi connectivity index (χ2n) is 6.74. The van der Waals surface area contributed by atoms with E-state index in [0.29, 0.717) is 26.2 Å². The van der Waals surface area contributed by atoms with Crippen molar-refractivity contribution >= 4 is 17.7 Å². The Morgan fingerprint density at radius 2 is 2.05 bits per heavy atom. The van der Waals surface area contributed by atoms with Gasteiger partial charge in [0.15, 0.2) is 0 Å². The number of amides is 3. The molecule has 0 saturated carbocycles. The number of piperidine rings is 1. The summed E-state index contributed by atoms with van der Waals surface area (Å²) in [5.74, 6) is 0.194. The summed E-state index contributed by atoms with van der Waals surface area (Å²) in [6.07, 6.45) is 2.66. The lowest BCUT2D eigenvalue weighted by Crippen LogP contribution is -2.52. The van der Waals surface area contributed by atoms with E-state index >= 15 is 0 Å². The maximum atomic E-state index is 12.5. The molecule has 0 aromatic heterocycles. The van der Waals surface area contributed by atoms with Crippen LogP contribution in [0.15, 0.2) is 0 Å². The van der Waals surface area contributed by atoms with Gasteiger partial charge < -0.3 is 15.1 Å². The average molecular weight is 308 g/mol. The number of likely N-dealkylation sites (tertiary alicyclic amines) is 2.